The van der Waals surface area contributed by atoms with E-state index in [2.05, 4.69) is 24.9 Å². The highest BCUT2D eigenvalue weighted by Gasteiger charge is 2.18. The molecule has 0 radical (unpaired) electrons. The van der Waals surface area contributed by atoms with Crippen LogP contribution in [0.15, 0.2) is 40.9 Å². The molecule has 100 valence electrons. The van der Waals surface area contributed by atoms with E-state index in [1.807, 2.05) is 12.3 Å². The van der Waals surface area contributed by atoms with Crippen LogP contribution in [-0.4, -0.2) is 17.3 Å². The van der Waals surface area contributed by atoms with Crippen molar-refractivity contribution in [2.75, 3.05) is 0 Å². The summed E-state index contributed by atoms with van der Waals surface area (Å²) >= 11 is 0. The lowest BCUT2D eigenvalue weighted by molar-refractivity contribution is 0.0698. The number of benzene rings is 1. The van der Waals surface area contributed by atoms with Crippen molar-refractivity contribution < 1.29 is 9.90 Å². The molecule has 0 aliphatic heterocycles. The molecule has 3 heteroatoms. The van der Waals surface area contributed by atoms with E-state index in [-0.39, 0.29) is 5.56 Å². The van der Waals surface area contributed by atoms with Gasteiger partial charge in [-0.3, -0.25) is 4.99 Å². The number of hydrogen-bond donors (Lipinski definition) is 1. The van der Waals surface area contributed by atoms with Crippen LogP contribution >= 0.6 is 0 Å². The van der Waals surface area contributed by atoms with Gasteiger partial charge in [0.05, 0.1) is 11.3 Å². The second-order valence-corrected chi connectivity index (χ2v) is 5.18. The van der Waals surface area contributed by atoms with E-state index in [1.165, 1.54) is 5.57 Å². The summed E-state index contributed by atoms with van der Waals surface area (Å²) in [7, 11) is 0. The molecule has 0 aromatic heterocycles. The van der Waals surface area contributed by atoms with Crippen LogP contribution in [0.1, 0.15) is 37.0 Å². The molecule has 2 atom stereocenters. The van der Waals surface area contributed by atoms with Crippen molar-refractivity contribution in [2.45, 2.75) is 26.7 Å². The fourth-order valence-corrected chi connectivity index (χ4v) is 2.47. The quantitative estimate of drug-likeness (QED) is 0.655. The Bertz CT molecular complexity index is 531. The average Bonchev–Trinajstić information content (AvgIpc) is 2.38. The highest BCUT2D eigenvalue weighted by molar-refractivity contribution is 5.94. The lowest BCUT2D eigenvalue weighted by Gasteiger charge is -2.23. The maximum atomic E-state index is 11.1. The number of carboxylic acid groups (broad SMARTS) is 1. The van der Waals surface area contributed by atoms with Gasteiger partial charge in [0.2, 0.25) is 0 Å². The SMILES string of the molecule is CC1=CC(C)C(/C=N/c2ccccc2C(=O)O)CC1. The number of para-hydroxylation sites is 1. The minimum atomic E-state index is -0.930. The number of rotatable bonds is 3. The molecular formula is C16H19NO2. The summed E-state index contributed by atoms with van der Waals surface area (Å²) in [5.74, 6) is -0.0692. The first-order valence-electron chi connectivity index (χ1n) is 6.61. The van der Waals surface area contributed by atoms with Gasteiger partial charge in [-0.2, -0.15) is 0 Å². The summed E-state index contributed by atoms with van der Waals surface area (Å²) in [5, 5.41) is 9.11. The average molecular weight is 257 g/mol. The third kappa shape index (κ3) is 3.31. The fourth-order valence-electron chi connectivity index (χ4n) is 2.47. The molecule has 0 heterocycles. The molecule has 0 fully saturated rings. The van der Waals surface area contributed by atoms with Gasteiger partial charge in [-0.05, 0) is 37.8 Å². The van der Waals surface area contributed by atoms with E-state index < -0.39 is 5.97 Å². The fraction of sp³-hybridized carbons (Fsp3) is 0.375. The first-order valence-corrected chi connectivity index (χ1v) is 6.61. The largest absolute Gasteiger partial charge is 0.478 e. The standard InChI is InChI=1S/C16H19NO2/c1-11-7-8-13(12(2)9-11)10-17-15-6-4-3-5-14(15)16(18)19/h3-6,9-10,12-13H,7-8H2,1-2H3,(H,18,19)/b17-10+. The van der Waals surface area contributed by atoms with Crippen LogP contribution in [0.5, 0.6) is 0 Å². The van der Waals surface area contributed by atoms with Gasteiger partial charge in [0, 0.05) is 12.1 Å². The van der Waals surface area contributed by atoms with Crippen molar-refractivity contribution >= 4 is 17.9 Å². The van der Waals surface area contributed by atoms with Crippen LogP contribution in [0.25, 0.3) is 0 Å². The number of carboxylic acids is 1. The highest BCUT2D eigenvalue weighted by Crippen LogP contribution is 2.28. The summed E-state index contributed by atoms with van der Waals surface area (Å²) in [6.07, 6.45) is 6.38. The molecule has 19 heavy (non-hydrogen) atoms. The molecule has 0 bridgehead atoms. The van der Waals surface area contributed by atoms with E-state index >= 15 is 0 Å². The van der Waals surface area contributed by atoms with Gasteiger partial charge in [-0.1, -0.05) is 30.7 Å². The van der Waals surface area contributed by atoms with Crippen molar-refractivity contribution in [3.8, 4) is 0 Å². The van der Waals surface area contributed by atoms with Gasteiger partial charge < -0.3 is 5.11 Å². The van der Waals surface area contributed by atoms with Crippen LogP contribution in [0, 0.1) is 11.8 Å². The first-order chi connectivity index (χ1) is 9.08. The Labute approximate surface area is 113 Å². The number of aliphatic imine (C=N–C) groups is 1. The molecule has 2 rings (SSSR count). The molecule has 2 unspecified atom stereocenters. The van der Waals surface area contributed by atoms with E-state index in [0.29, 0.717) is 17.5 Å². The molecule has 3 nitrogen and oxygen atoms in total. The molecule has 1 aliphatic rings. The molecule has 0 spiro atoms. The molecule has 0 saturated carbocycles. The Morgan fingerprint density at radius 3 is 2.84 bits per heavy atom. The Hall–Kier alpha value is -1.90. The second-order valence-electron chi connectivity index (χ2n) is 5.18. The van der Waals surface area contributed by atoms with E-state index in [4.69, 9.17) is 5.11 Å². The Kier molecular flexibility index (Phi) is 4.15. The van der Waals surface area contributed by atoms with Crippen LogP contribution < -0.4 is 0 Å². The predicted octanol–water partition coefficient (Wildman–Crippen LogP) is 4.08. The van der Waals surface area contributed by atoms with Gasteiger partial charge in [0.1, 0.15) is 0 Å². The van der Waals surface area contributed by atoms with Gasteiger partial charge in [-0.25, -0.2) is 4.79 Å². The van der Waals surface area contributed by atoms with Gasteiger partial charge in [0.25, 0.3) is 0 Å². The molecule has 1 aromatic carbocycles. The van der Waals surface area contributed by atoms with Crippen LogP contribution in [0.3, 0.4) is 0 Å². The molecule has 0 saturated heterocycles. The lowest BCUT2D eigenvalue weighted by Crippen LogP contribution is -2.15. The summed E-state index contributed by atoms with van der Waals surface area (Å²) in [6.45, 7) is 4.34. The number of aromatic carboxylic acids is 1. The minimum absolute atomic E-state index is 0.258. The minimum Gasteiger partial charge on any atom is -0.478 e. The Morgan fingerprint density at radius 1 is 1.42 bits per heavy atom. The van der Waals surface area contributed by atoms with Gasteiger partial charge in [0.15, 0.2) is 0 Å². The maximum Gasteiger partial charge on any atom is 0.337 e. The van der Waals surface area contributed by atoms with E-state index in [0.717, 1.165) is 12.8 Å². The summed E-state index contributed by atoms with van der Waals surface area (Å²) in [5.41, 5.74) is 2.23. The van der Waals surface area contributed by atoms with Crippen molar-refractivity contribution in [3.05, 3.63) is 41.5 Å². The van der Waals surface area contributed by atoms with Crippen LogP contribution in [0.4, 0.5) is 5.69 Å². The summed E-state index contributed by atoms with van der Waals surface area (Å²) < 4.78 is 0. The van der Waals surface area contributed by atoms with Gasteiger partial charge >= 0.3 is 5.97 Å². The predicted molar refractivity (Wildman–Crippen MR) is 77.2 cm³/mol. The number of hydrogen-bond acceptors (Lipinski definition) is 2. The van der Waals surface area contributed by atoms with E-state index in [9.17, 15) is 4.79 Å². The van der Waals surface area contributed by atoms with Crippen molar-refractivity contribution in [3.63, 3.8) is 0 Å². The Balaban J connectivity index is 2.18. The molecular weight excluding hydrogens is 238 g/mol. The number of carbonyl (C=O) groups is 1. The third-order valence-corrected chi connectivity index (χ3v) is 3.63. The second kappa shape index (κ2) is 5.83. The van der Waals surface area contributed by atoms with Crippen molar-refractivity contribution in [2.24, 2.45) is 16.8 Å². The zero-order chi connectivity index (χ0) is 13.8. The summed E-state index contributed by atoms with van der Waals surface area (Å²) in [6, 6.07) is 6.86. The smallest absolute Gasteiger partial charge is 0.337 e. The topological polar surface area (TPSA) is 49.7 Å². The molecule has 1 aliphatic carbocycles. The van der Waals surface area contributed by atoms with Gasteiger partial charge in [-0.15, -0.1) is 0 Å². The zero-order valence-electron chi connectivity index (χ0n) is 11.3. The maximum absolute atomic E-state index is 11.1. The summed E-state index contributed by atoms with van der Waals surface area (Å²) in [4.78, 5) is 15.5. The highest BCUT2D eigenvalue weighted by atomic mass is 16.4. The molecule has 1 aromatic rings. The zero-order valence-corrected chi connectivity index (χ0v) is 11.3. The van der Waals surface area contributed by atoms with Crippen molar-refractivity contribution in [1.29, 1.82) is 0 Å². The monoisotopic (exact) mass is 257 g/mol. The molecule has 1 N–H and O–H groups in total. The third-order valence-electron chi connectivity index (χ3n) is 3.63. The number of allylic oxidation sites excluding steroid dienone is 2. The van der Waals surface area contributed by atoms with Crippen LogP contribution in [-0.2, 0) is 0 Å². The number of nitrogens with zero attached hydrogens (tertiary/aromatic N) is 1. The first kappa shape index (κ1) is 13.5. The van der Waals surface area contributed by atoms with E-state index in [1.54, 1.807) is 18.2 Å². The molecule has 0 amide bonds. The van der Waals surface area contributed by atoms with Crippen molar-refractivity contribution in [1.82, 2.24) is 0 Å². The van der Waals surface area contributed by atoms with Crippen LogP contribution in [0.2, 0.25) is 0 Å². The Morgan fingerprint density at radius 2 is 2.16 bits per heavy atom. The lowest BCUT2D eigenvalue weighted by atomic mass is 9.83. The normalized spacial score (nSPS) is 23.4.